The average Bonchev–Trinajstić information content (AvgIpc) is 2.61. The van der Waals surface area contributed by atoms with Crippen LogP contribution < -0.4 is 0 Å². The molecule has 0 radical (unpaired) electrons. The monoisotopic (exact) mass is 204 g/mol. The summed E-state index contributed by atoms with van der Waals surface area (Å²) < 4.78 is 5.96. The number of epoxide rings is 1. The molecule has 0 aromatic rings. The molecule has 15 heavy (non-hydrogen) atoms. The van der Waals surface area contributed by atoms with Crippen LogP contribution in [0.15, 0.2) is 11.6 Å². The van der Waals surface area contributed by atoms with Gasteiger partial charge in [-0.3, -0.25) is 0 Å². The lowest BCUT2D eigenvalue weighted by Gasteiger charge is -2.37. The maximum absolute atomic E-state index is 5.96. The van der Waals surface area contributed by atoms with Gasteiger partial charge in [-0.25, -0.2) is 0 Å². The molecule has 4 aliphatic rings. The first kappa shape index (κ1) is 8.81. The largest absolute Gasteiger partial charge is 0.366 e. The van der Waals surface area contributed by atoms with Crippen LogP contribution in [-0.4, -0.2) is 11.7 Å². The molecule has 4 rings (SSSR count). The third-order valence-corrected chi connectivity index (χ3v) is 5.76. The van der Waals surface area contributed by atoms with Crippen LogP contribution >= 0.6 is 0 Å². The van der Waals surface area contributed by atoms with E-state index in [2.05, 4.69) is 19.9 Å². The highest BCUT2D eigenvalue weighted by Gasteiger charge is 2.70. The van der Waals surface area contributed by atoms with E-state index in [1.54, 1.807) is 5.57 Å². The van der Waals surface area contributed by atoms with E-state index in [-0.39, 0.29) is 0 Å². The first-order valence-electron chi connectivity index (χ1n) is 6.54. The molecule has 0 amide bonds. The van der Waals surface area contributed by atoms with E-state index in [4.69, 9.17) is 4.74 Å². The molecule has 0 N–H and O–H groups in total. The molecule has 2 saturated carbocycles. The van der Waals surface area contributed by atoms with Gasteiger partial charge in [0, 0.05) is 0 Å². The number of ether oxygens (including phenoxy) is 1. The van der Waals surface area contributed by atoms with Crippen molar-refractivity contribution in [2.24, 2.45) is 23.7 Å². The normalized spacial score (nSPS) is 60.7. The SMILES string of the molecule is CC1=CC[C@@H]2[C@@H]3C[C@H]([C@@H]2C1)[C@@]1(C3)O[C@@H]1C. The van der Waals surface area contributed by atoms with Gasteiger partial charge in [0.2, 0.25) is 0 Å². The molecular formula is C14H20O. The van der Waals surface area contributed by atoms with Gasteiger partial charge in [-0.2, -0.15) is 0 Å². The van der Waals surface area contributed by atoms with Crippen LogP contribution in [-0.2, 0) is 4.74 Å². The maximum atomic E-state index is 5.96. The van der Waals surface area contributed by atoms with Gasteiger partial charge in [-0.15, -0.1) is 0 Å². The van der Waals surface area contributed by atoms with Crippen LogP contribution in [0.3, 0.4) is 0 Å². The summed E-state index contributed by atoms with van der Waals surface area (Å²) in [5.41, 5.74) is 2.00. The number of hydrogen-bond donors (Lipinski definition) is 0. The summed E-state index contributed by atoms with van der Waals surface area (Å²) in [4.78, 5) is 0. The summed E-state index contributed by atoms with van der Waals surface area (Å²) >= 11 is 0. The van der Waals surface area contributed by atoms with Crippen molar-refractivity contribution in [3.63, 3.8) is 0 Å². The van der Waals surface area contributed by atoms with Crippen LogP contribution in [0.1, 0.15) is 39.5 Å². The van der Waals surface area contributed by atoms with Crippen molar-refractivity contribution < 1.29 is 4.74 Å². The first-order valence-corrected chi connectivity index (χ1v) is 6.54. The van der Waals surface area contributed by atoms with Crippen molar-refractivity contribution in [1.82, 2.24) is 0 Å². The van der Waals surface area contributed by atoms with E-state index < -0.39 is 0 Å². The molecule has 1 heteroatoms. The Morgan fingerprint density at radius 1 is 1.40 bits per heavy atom. The van der Waals surface area contributed by atoms with Gasteiger partial charge in [0.05, 0.1) is 11.7 Å². The van der Waals surface area contributed by atoms with E-state index in [1.165, 1.54) is 25.7 Å². The molecule has 1 spiro atoms. The Labute approximate surface area is 91.9 Å². The molecule has 3 fully saturated rings. The molecule has 82 valence electrons. The van der Waals surface area contributed by atoms with E-state index in [0.29, 0.717) is 11.7 Å². The first-order chi connectivity index (χ1) is 7.21. The number of fused-ring (bicyclic) bond motifs is 6. The standard InChI is InChI=1S/C14H20O/c1-8-3-4-11-10-6-13(12(11)5-8)14(7-10)9(2)15-14/h3,9-13H,4-7H2,1-2H3/t9-,10-,11-,12-,13-,14+/m1/s1. The Morgan fingerprint density at radius 3 is 2.93 bits per heavy atom. The lowest BCUT2D eigenvalue weighted by atomic mass is 9.67. The Morgan fingerprint density at radius 2 is 2.20 bits per heavy atom. The lowest BCUT2D eigenvalue weighted by Crippen LogP contribution is -2.36. The second kappa shape index (κ2) is 2.51. The predicted octanol–water partition coefficient (Wildman–Crippen LogP) is 3.16. The third kappa shape index (κ3) is 0.939. The van der Waals surface area contributed by atoms with Gasteiger partial charge >= 0.3 is 0 Å². The lowest BCUT2D eigenvalue weighted by molar-refractivity contribution is 0.114. The Balaban J connectivity index is 1.68. The van der Waals surface area contributed by atoms with E-state index >= 15 is 0 Å². The highest BCUT2D eigenvalue weighted by Crippen LogP contribution is 2.68. The molecule has 0 aromatic carbocycles. The maximum Gasteiger partial charge on any atom is 0.0979 e. The van der Waals surface area contributed by atoms with Crippen molar-refractivity contribution in [1.29, 1.82) is 0 Å². The second-order valence-electron chi connectivity index (χ2n) is 6.34. The smallest absolute Gasteiger partial charge is 0.0979 e. The molecule has 1 aliphatic heterocycles. The summed E-state index contributed by atoms with van der Waals surface area (Å²) in [6.45, 7) is 4.59. The van der Waals surface area contributed by atoms with Crippen LogP contribution in [0.5, 0.6) is 0 Å². The molecule has 1 heterocycles. The van der Waals surface area contributed by atoms with E-state index in [9.17, 15) is 0 Å². The summed E-state index contributed by atoms with van der Waals surface area (Å²) in [5, 5.41) is 0. The second-order valence-corrected chi connectivity index (χ2v) is 6.34. The van der Waals surface area contributed by atoms with Gasteiger partial charge in [-0.05, 0) is 63.2 Å². The zero-order chi connectivity index (χ0) is 10.2. The molecular weight excluding hydrogens is 184 g/mol. The molecule has 1 nitrogen and oxygen atoms in total. The fourth-order valence-corrected chi connectivity index (χ4v) is 5.03. The topological polar surface area (TPSA) is 12.5 Å². The minimum Gasteiger partial charge on any atom is -0.366 e. The number of hydrogen-bond acceptors (Lipinski definition) is 1. The molecule has 3 aliphatic carbocycles. The van der Waals surface area contributed by atoms with Gasteiger partial charge in [0.25, 0.3) is 0 Å². The van der Waals surface area contributed by atoms with Gasteiger partial charge in [-0.1, -0.05) is 11.6 Å². The Hall–Kier alpha value is -0.300. The molecule has 1 saturated heterocycles. The van der Waals surface area contributed by atoms with Crippen molar-refractivity contribution in [3.05, 3.63) is 11.6 Å². The molecule has 0 aromatic heterocycles. The fraction of sp³-hybridized carbons (Fsp3) is 0.857. The number of allylic oxidation sites excluding steroid dienone is 2. The summed E-state index contributed by atoms with van der Waals surface area (Å²) in [5.74, 6) is 3.89. The minimum absolute atomic E-state index is 0.365. The third-order valence-electron chi connectivity index (χ3n) is 5.76. The minimum atomic E-state index is 0.365. The van der Waals surface area contributed by atoms with Crippen LogP contribution in [0.25, 0.3) is 0 Å². The molecule has 0 unspecified atom stereocenters. The van der Waals surface area contributed by atoms with E-state index in [0.717, 1.165) is 23.7 Å². The fourth-order valence-electron chi connectivity index (χ4n) is 5.03. The molecule has 6 atom stereocenters. The quantitative estimate of drug-likeness (QED) is 0.436. The van der Waals surface area contributed by atoms with Crippen LogP contribution in [0.4, 0.5) is 0 Å². The Bertz CT molecular complexity index is 345. The summed E-state index contributed by atoms with van der Waals surface area (Å²) in [7, 11) is 0. The van der Waals surface area contributed by atoms with Crippen molar-refractivity contribution >= 4 is 0 Å². The van der Waals surface area contributed by atoms with Crippen LogP contribution in [0.2, 0.25) is 0 Å². The average molecular weight is 204 g/mol. The molecule has 2 bridgehead atoms. The van der Waals surface area contributed by atoms with E-state index in [1.807, 2.05) is 0 Å². The highest BCUT2D eigenvalue weighted by atomic mass is 16.6. The number of rotatable bonds is 0. The van der Waals surface area contributed by atoms with Gasteiger partial charge in [0.1, 0.15) is 0 Å². The highest BCUT2D eigenvalue weighted by molar-refractivity contribution is 5.22. The van der Waals surface area contributed by atoms with Gasteiger partial charge < -0.3 is 4.74 Å². The van der Waals surface area contributed by atoms with Crippen LogP contribution in [0, 0.1) is 23.7 Å². The van der Waals surface area contributed by atoms with Crippen molar-refractivity contribution in [2.75, 3.05) is 0 Å². The van der Waals surface area contributed by atoms with Gasteiger partial charge in [0.15, 0.2) is 0 Å². The Kier molecular flexibility index (Phi) is 1.47. The predicted molar refractivity (Wildman–Crippen MR) is 59.5 cm³/mol. The van der Waals surface area contributed by atoms with Crippen molar-refractivity contribution in [2.45, 2.75) is 51.2 Å². The summed E-state index contributed by atoms with van der Waals surface area (Å²) in [6, 6.07) is 0. The van der Waals surface area contributed by atoms with Crippen molar-refractivity contribution in [3.8, 4) is 0 Å². The zero-order valence-electron chi connectivity index (χ0n) is 9.70. The summed E-state index contributed by atoms with van der Waals surface area (Å²) in [6.07, 6.45) is 8.64. The zero-order valence-corrected chi connectivity index (χ0v) is 9.70.